The van der Waals surface area contributed by atoms with Gasteiger partial charge in [0.25, 0.3) is 0 Å². The molecule has 0 fully saturated rings. The SMILES string of the molecule is Cc1[nH]ncc1C(C)NCC(C)(C)N(C)C. The maximum atomic E-state index is 4.05. The van der Waals surface area contributed by atoms with Crippen LogP contribution in [0.5, 0.6) is 0 Å². The van der Waals surface area contributed by atoms with Crippen LogP contribution in [0.25, 0.3) is 0 Å². The van der Waals surface area contributed by atoms with Crippen molar-refractivity contribution in [3.8, 4) is 0 Å². The van der Waals surface area contributed by atoms with E-state index in [0.717, 1.165) is 12.2 Å². The molecular formula is C12H24N4. The fourth-order valence-electron chi connectivity index (χ4n) is 1.47. The predicted molar refractivity (Wildman–Crippen MR) is 67.5 cm³/mol. The van der Waals surface area contributed by atoms with Crippen molar-refractivity contribution >= 4 is 0 Å². The van der Waals surface area contributed by atoms with Crippen LogP contribution in [0.2, 0.25) is 0 Å². The summed E-state index contributed by atoms with van der Waals surface area (Å²) in [6.07, 6.45) is 1.90. The topological polar surface area (TPSA) is 44.0 Å². The van der Waals surface area contributed by atoms with Gasteiger partial charge in [0.1, 0.15) is 0 Å². The molecule has 0 aliphatic rings. The summed E-state index contributed by atoms with van der Waals surface area (Å²) >= 11 is 0. The maximum absolute atomic E-state index is 4.05. The zero-order valence-corrected chi connectivity index (χ0v) is 11.3. The molecule has 1 unspecified atom stereocenters. The van der Waals surface area contributed by atoms with E-state index in [1.807, 2.05) is 6.20 Å². The van der Waals surface area contributed by atoms with Gasteiger partial charge in [0.05, 0.1) is 6.20 Å². The minimum atomic E-state index is 0.159. The Morgan fingerprint density at radius 2 is 2.12 bits per heavy atom. The van der Waals surface area contributed by atoms with Crippen molar-refractivity contribution in [3.63, 3.8) is 0 Å². The number of nitrogens with zero attached hydrogens (tertiary/aromatic N) is 2. The first-order valence-corrected chi connectivity index (χ1v) is 5.75. The number of hydrogen-bond acceptors (Lipinski definition) is 3. The summed E-state index contributed by atoms with van der Waals surface area (Å²) in [7, 11) is 4.21. The molecule has 0 saturated heterocycles. The van der Waals surface area contributed by atoms with E-state index in [1.165, 1.54) is 5.56 Å². The van der Waals surface area contributed by atoms with Crippen molar-refractivity contribution in [2.24, 2.45) is 0 Å². The third-order valence-electron chi connectivity index (χ3n) is 3.39. The first kappa shape index (κ1) is 13.2. The Hall–Kier alpha value is -0.870. The first-order chi connectivity index (χ1) is 7.34. The maximum Gasteiger partial charge on any atom is 0.0537 e. The van der Waals surface area contributed by atoms with Gasteiger partial charge in [-0.25, -0.2) is 0 Å². The normalized spacial score (nSPS) is 14.4. The molecule has 1 aromatic heterocycles. The summed E-state index contributed by atoms with van der Waals surface area (Å²) in [5.41, 5.74) is 2.54. The van der Waals surface area contributed by atoms with E-state index in [-0.39, 0.29) is 5.54 Å². The molecule has 1 rings (SSSR count). The number of aromatic nitrogens is 2. The second-order valence-corrected chi connectivity index (χ2v) is 5.26. The fourth-order valence-corrected chi connectivity index (χ4v) is 1.47. The van der Waals surface area contributed by atoms with E-state index in [0.29, 0.717) is 6.04 Å². The lowest BCUT2D eigenvalue weighted by Gasteiger charge is -2.34. The molecule has 92 valence electrons. The van der Waals surface area contributed by atoms with E-state index < -0.39 is 0 Å². The summed E-state index contributed by atoms with van der Waals surface area (Å²) in [6.45, 7) is 9.64. The van der Waals surface area contributed by atoms with Gasteiger partial charge in [0.15, 0.2) is 0 Å². The monoisotopic (exact) mass is 224 g/mol. The van der Waals surface area contributed by atoms with Crippen molar-refractivity contribution in [2.45, 2.75) is 39.3 Å². The summed E-state index contributed by atoms with van der Waals surface area (Å²) in [5.74, 6) is 0. The van der Waals surface area contributed by atoms with Gasteiger partial charge in [-0.3, -0.25) is 5.10 Å². The van der Waals surface area contributed by atoms with Crippen LogP contribution in [0.15, 0.2) is 6.20 Å². The lowest BCUT2D eigenvalue weighted by Crippen LogP contribution is -2.47. The number of hydrogen-bond donors (Lipinski definition) is 2. The van der Waals surface area contributed by atoms with Crippen LogP contribution in [0.4, 0.5) is 0 Å². The Kier molecular flexibility index (Phi) is 4.10. The average molecular weight is 224 g/mol. The zero-order chi connectivity index (χ0) is 12.3. The lowest BCUT2D eigenvalue weighted by atomic mass is 10.0. The molecule has 4 heteroatoms. The number of aryl methyl sites for hydroxylation is 1. The summed E-state index contributed by atoms with van der Waals surface area (Å²) in [5, 5.41) is 10.6. The van der Waals surface area contributed by atoms with E-state index in [1.54, 1.807) is 0 Å². The minimum Gasteiger partial charge on any atom is -0.308 e. The van der Waals surface area contributed by atoms with Crippen molar-refractivity contribution in [1.82, 2.24) is 20.4 Å². The number of rotatable bonds is 5. The molecule has 1 heterocycles. The molecule has 16 heavy (non-hydrogen) atoms. The van der Waals surface area contributed by atoms with Crippen LogP contribution < -0.4 is 5.32 Å². The molecule has 0 saturated carbocycles. The smallest absolute Gasteiger partial charge is 0.0537 e. The molecule has 0 spiro atoms. The van der Waals surface area contributed by atoms with E-state index >= 15 is 0 Å². The zero-order valence-electron chi connectivity index (χ0n) is 11.3. The molecule has 1 aromatic rings. The first-order valence-electron chi connectivity index (χ1n) is 5.75. The van der Waals surface area contributed by atoms with E-state index in [2.05, 4.69) is 62.2 Å². The van der Waals surface area contributed by atoms with Crippen LogP contribution in [0.3, 0.4) is 0 Å². The van der Waals surface area contributed by atoms with Gasteiger partial charge in [0, 0.05) is 29.4 Å². The number of likely N-dealkylation sites (N-methyl/N-ethyl adjacent to an activating group) is 1. The molecule has 0 aromatic carbocycles. The van der Waals surface area contributed by atoms with Crippen molar-refractivity contribution in [3.05, 3.63) is 17.5 Å². The largest absolute Gasteiger partial charge is 0.308 e. The molecule has 4 nitrogen and oxygen atoms in total. The van der Waals surface area contributed by atoms with Gasteiger partial charge < -0.3 is 10.2 Å². The van der Waals surface area contributed by atoms with Crippen LogP contribution in [-0.4, -0.2) is 41.3 Å². The molecule has 1 atom stereocenters. The van der Waals surface area contributed by atoms with Gasteiger partial charge in [0.2, 0.25) is 0 Å². The Bertz CT molecular complexity index is 328. The van der Waals surface area contributed by atoms with E-state index in [9.17, 15) is 0 Å². The minimum absolute atomic E-state index is 0.159. The molecule has 0 radical (unpaired) electrons. The molecule has 0 bridgehead atoms. The third-order valence-corrected chi connectivity index (χ3v) is 3.39. The van der Waals surface area contributed by atoms with E-state index in [4.69, 9.17) is 0 Å². The Labute approximate surface area is 98.4 Å². The van der Waals surface area contributed by atoms with Gasteiger partial charge in [-0.1, -0.05) is 0 Å². The highest BCUT2D eigenvalue weighted by molar-refractivity contribution is 5.18. The average Bonchev–Trinajstić information content (AvgIpc) is 2.61. The van der Waals surface area contributed by atoms with Crippen molar-refractivity contribution in [2.75, 3.05) is 20.6 Å². The Morgan fingerprint density at radius 3 is 2.56 bits per heavy atom. The molecule has 0 aliphatic heterocycles. The van der Waals surface area contributed by atoms with Gasteiger partial charge in [-0.15, -0.1) is 0 Å². The Morgan fingerprint density at radius 1 is 1.50 bits per heavy atom. The summed E-state index contributed by atoms with van der Waals surface area (Å²) in [4.78, 5) is 2.23. The van der Waals surface area contributed by atoms with Gasteiger partial charge in [-0.2, -0.15) is 5.10 Å². The van der Waals surface area contributed by atoms with Gasteiger partial charge >= 0.3 is 0 Å². The molecule has 0 aliphatic carbocycles. The van der Waals surface area contributed by atoms with Crippen LogP contribution in [0.1, 0.15) is 38.1 Å². The predicted octanol–water partition coefficient (Wildman–Crippen LogP) is 1.71. The fraction of sp³-hybridized carbons (Fsp3) is 0.750. The Balaban J connectivity index is 2.54. The standard InChI is InChI=1S/C12H24N4/c1-9(11-7-14-15-10(11)2)13-8-12(3,4)16(5)6/h7,9,13H,8H2,1-6H3,(H,14,15). The highest BCUT2D eigenvalue weighted by atomic mass is 15.2. The second kappa shape index (κ2) is 4.97. The van der Waals surface area contributed by atoms with Crippen molar-refractivity contribution < 1.29 is 0 Å². The molecule has 0 amide bonds. The number of aromatic amines is 1. The number of H-pyrrole nitrogens is 1. The molecular weight excluding hydrogens is 200 g/mol. The quantitative estimate of drug-likeness (QED) is 0.800. The third kappa shape index (κ3) is 3.06. The van der Waals surface area contributed by atoms with Crippen LogP contribution >= 0.6 is 0 Å². The highest BCUT2D eigenvalue weighted by Crippen LogP contribution is 2.16. The summed E-state index contributed by atoms with van der Waals surface area (Å²) in [6, 6.07) is 0.331. The second-order valence-electron chi connectivity index (χ2n) is 5.26. The van der Waals surface area contributed by atoms with Crippen LogP contribution in [-0.2, 0) is 0 Å². The van der Waals surface area contributed by atoms with Gasteiger partial charge in [-0.05, 0) is 41.8 Å². The van der Waals surface area contributed by atoms with Crippen molar-refractivity contribution in [1.29, 1.82) is 0 Å². The molecule has 2 N–H and O–H groups in total. The van der Waals surface area contributed by atoms with Crippen LogP contribution in [0, 0.1) is 6.92 Å². The lowest BCUT2D eigenvalue weighted by molar-refractivity contribution is 0.185. The number of nitrogens with one attached hydrogen (secondary N) is 2. The highest BCUT2D eigenvalue weighted by Gasteiger charge is 2.21. The summed E-state index contributed by atoms with van der Waals surface area (Å²) < 4.78 is 0.